The summed E-state index contributed by atoms with van der Waals surface area (Å²) in [5, 5.41) is 5.79. The Kier molecular flexibility index (Phi) is 5.97. The molecule has 0 aliphatic carbocycles. The van der Waals surface area contributed by atoms with Crippen LogP contribution in [0, 0.1) is 0 Å². The molecule has 1 aromatic carbocycles. The van der Waals surface area contributed by atoms with Crippen molar-refractivity contribution >= 4 is 16.8 Å². The zero-order valence-corrected chi connectivity index (χ0v) is 13.9. The lowest BCUT2D eigenvalue weighted by molar-refractivity contribution is 0.0742. The van der Waals surface area contributed by atoms with Gasteiger partial charge in [0.05, 0.1) is 18.8 Å². The summed E-state index contributed by atoms with van der Waals surface area (Å²) in [6.45, 7) is 4.79. The molecule has 1 fully saturated rings. The Labute approximate surface area is 134 Å². The van der Waals surface area contributed by atoms with Crippen LogP contribution in [0.4, 0.5) is 4.79 Å². The molecule has 0 bridgehead atoms. The molecule has 2 amide bonds. The molecule has 22 heavy (non-hydrogen) atoms. The lowest BCUT2D eigenvalue weighted by atomic mass is 10.1. The Hall–Kier alpha value is -1.40. The van der Waals surface area contributed by atoms with Crippen molar-refractivity contribution < 1.29 is 13.7 Å². The summed E-state index contributed by atoms with van der Waals surface area (Å²) in [6.07, 6.45) is 0.783. The molecule has 0 aromatic heterocycles. The van der Waals surface area contributed by atoms with Gasteiger partial charge in [-0.3, -0.25) is 4.21 Å². The molecule has 2 unspecified atom stereocenters. The van der Waals surface area contributed by atoms with Gasteiger partial charge in [-0.1, -0.05) is 30.3 Å². The third-order valence-electron chi connectivity index (χ3n) is 3.44. The molecule has 122 valence electrons. The summed E-state index contributed by atoms with van der Waals surface area (Å²) in [7, 11) is -0.786. The largest absolute Gasteiger partial charge is 0.374 e. The van der Waals surface area contributed by atoms with Crippen LogP contribution in [0.25, 0.3) is 0 Å². The Balaban J connectivity index is 1.70. The van der Waals surface area contributed by atoms with E-state index >= 15 is 0 Å². The number of carbonyl (C=O) groups excluding carboxylic acids is 1. The molecule has 1 aliphatic rings. The first-order chi connectivity index (χ1) is 10.4. The maximum atomic E-state index is 12.0. The maximum absolute atomic E-state index is 12.0. The van der Waals surface area contributed by atoms with Crippen LogP contribution in [0.2, 0.25) is 0 Å². The molecular weight excluding hydrogens is 300 g/mol. The Morgan fingerprint density at radius 2 is 2.09 bits per heavy atom. The predicted octanol–water partition coefficient (Wildman–Crippen LogP) is 1.80. The molecule has 2 rings (SSSR count). The summed E-state index contributed by atoms with van der Waals surface area (Å²) < 4.78 is 17.0. The molecule has 0 spiro atoms. The van der Waals surface area contributed by atoms with Crippen molar-refractivity contribution in [3.05, 3.63) is 35.9 Å². The van der Waals surface area contributed by atoms with Crippen molar-refractivity contribution in [2.24, 2.45) is 0 Å². The Bertz CT molecular complexity index is 519. The van der Waals surface area contributed by atoms with Crippen molar-refractivity contribution in [2.75, 3.05) is 18.1 Å². The summed E-state index contributed by atoms with van der Waals surface area (Å²) >= 11 is 0. The van der Waals surface area contributed by atoms with Gasteiger partial charge in [0.1, 0.15) is 0 Å². The second-order valence-electron chi connectivity index (χ2n) is 6.26. The van der Waals surface area contributed by atoms with Gasteiger partial charge in [-0.25, -0.2) is 4.79 Å². The molecule has 1 saturated heterocycles. The van der Waals surface area contributed by atoms with E-state index in [4.69, 9.17) is 4.74 Å². The van der Waals surface area contributed by atoms with Crippen LogP contribution >= 0.6 is 0 Å². The second-order valence-corrected chi connectivity index (χ2v) is 7.88. The van der Waals surface area contributed by atoms with Gasteiger partial charge in [0.2, 0.25) is 0 Å². The van der Waals surface area contributed by atoms with Crippen LogP contribution in [0.15, 0.2) is 30.3 Å². The SMILES string of the molecule is CC(C)(COCc1ccccc1)NC(=O)NC1CCS(=O)C1. The van der Waals surface area contributed by atoms with E-state index in [0.717, 1.165) is 12.0 Å². The number of carbonyl (C=O) groups is 1. The molecule has 0 radical (unpaired) electrons. The van der Waals surface area contributed by atoms with E-state index in [1.807, 2.05) is 44.2 Å². The van der Waals surface area contributed by atoms with E-state index in [0.29, 0.717) is 24.7 Å². The summed E-state index contributed by atoms with van der Waals surface area (Å²) in [5.74, 6) is 1.23. The monoisotopic (exact) mass is 324 g/mol. The van der Waals surface area contributed by atoms with Crippen molar-refractivity contribution in [3.8, 4) is 0 Å². The van der Waals surface area contributed by atoms with Gasteiger partial charge >= 0.3 is 6.03 Å². The minimum absolute atomic E-state index is 0.0156. The highest BCUT2D eigenvalue weighted by molar-refractivity contribution is 7.85. The number of hydrogen-bond acceptors (Lipinski definition) is 3. The topological polar surface area (TPSA) is 67.4 Å². The number of hydrogen-bond donors (Lipinski definition) is 2. The number of rotatable bonds is 6. The van der Waals surface area contributed by atoms with Crippen LogP contribution in [0.3, 0.4) is 0 Å². The van der Waals surface area contributed by atoms with Gasteiger partial charge in [-0.05, 0) is 25.8 Å². The fourth-order valence-corrected chi connectivity index (χ4v) is 3.75. The first-order valence-corrected chi connectivity index (χ1v) is 8.99. The van der Waals surface area contributed by atoms with Crippen LogP contribution < -0.4 is 10.6 Å². The van der Waals surface area contributed by atoms with E-state index in [2.05, 4.69) is 10.6 Å². The van der Waals surface area contributed by atoms with Gasteiger partial charge in [0, 0.05) is 28.3 Å². The van der Waals surface area contributed by atoms with Crippen LogP contribution in [-0.2, 0) is 22.1 Å². The number of amides is 2. The zero-order chi connectivity index (χ0) is 16.0. The van der Waals surface area contributed by atoms with Crippen molar-refractivity contribution in [1.29, 1.82) is 0 Å². The average molecular weight is 324 g/mol. The van der Waals surface area contributed by atoms with Crippen LogP contribution in [-0.4, -0.2) is 39.9 Å². The predicted molar refractivity (Wildman–Crippen MR) is 88.1 cm³/mol. The normalized spacial score (nSPS) is 21.5. The summed E-state index contributed by atoms with van der Waals surface area (Å²) in [6, 6.07) is 9.72. The number of benzene rings is 1. The Morgan fingerprint density at radius 1 is 1.36 bits per heavy atom. The second kappa shape index (κ2) is 7.74. The summed E-state index contributed by atoms with van der Waals surface area (Å²) in [5.41, 5.74) is 0.646. The van der Waals surface area contributed by atoms with E-state index in [9.17, 15) is 9.00 Å². The lowest BCUT2D eigenvalue weighted by Crippen LogP contribution is -2.53. The van der Waals surface area contributed by atoms with E-state index in [-0.39, 0.29) is 12.1 Å². The van der Waals surface area contributed by atoms with E-state index in [1.54, 1.807) is 0 Å². The Morgan fingerprint density at radius 3 is 2.73 bits per heavy atom. The molecule has 1 aliphatic heterocycles. The van der Waals surface area contributed by atoms with Crippen molar-refractivity contribution in [2.45, 2.75) is 38.5 Å². The van der Waals surface area contributed by atoms with Gasteiger partial charge in [-0.15, -0.1) is 0 Å². The van der Waals surface area contributed by atoms with Crippen molar-refractivity contribution in [1.82, 2.24) is 10.6 Å². The molecule has 5 nitrogen and oxygen atoms in total. The molecule has 2 N–H and O–H groups in total. The third-order valence-corrected chi connectivity index (χ3v) is 4.91. The third kappa shape index (κ3) is 5.77. The van der Waals surface area contributed by atoms with Crippen molar-refractivity contribution in [3.63, 3.8) is 0 Å². The van der Waals surface area contributed by atoms with E-state index in [1.165, 1.54) is 0 Å². The fourth-order valence-electron chi connectivity index (χ4n) is 2.34. The van der Waals surface area contributed by atoms with Gasteiger partial charge in [-0.2, -0.15) is 0 Å². The van der Waals surface area contributed by atoms with Crippen LogP contribution in [0.1, 0.15) is 25.8 Å². The molecule has 1 heterocycles. The average Bonchev–Trinajstić information content (AvgIpc) is 2.84. The number of urea groups is 1. The summed E-state index contributed by atoms with van der Waals surface area (Å²) in [4.78, 5) is 12.0. The van der Waals surface area contributed by atoms with E-state index < -0.39 is 16.3 Å². The molecule has 6 heteroatoms. The zero-order valence-electron chi connectivity index (χ0n) is 13.1. The molecule has 0 saturated carbocycles. The smallest absolute Gasteiger partial charge is 0.315 e. The van der Waals surface area contributed by atoms with Gasteiger partial charge < -0.3 is 15.4 Å². The lowest BCUT2D eigenvalue weighted by Gasteiger charge is -2.27. The molecular formula is C16H24N2O3S. The molecule has 2 atom stereocenters. The van der Waals surface area contributed by atoms with Gasteiger partial charge in [0.25, 0.3) is 0 Å². The number of nitrogens with one attached hydrogen (secondary N) is 2. The minimum Gasteiger partial charge on any atom is -0.374 e. The standard InChI is InChI=1S/C16H24N2O3S/c1-16(2,12-21-10-13-6-4-3-5-7-13)18-15(19)17-14-8-9-22(20)11-14/h3-7,14H,8-12H2,1-2H3,(H2,17,18,19). The first-order valence-electron chi connectivity index (χ1n) is 7.50. The quantitative estimate of drug-likeness (QED) is 0.838. The maximum Gasteiger partial charge on any atom is 0.315 e. The first kappa shape index (κ1) is 17.0. The highest BCUT2D eigenvalue weighted by Gasteiger charge is 2.25. The minimum atomic E-state index is -0.786. The highest BCUT2D eigenvalue weighted by atomic mass is 32.2. The number of ether oxygens (including phenoxy) is 1. The fraction of sp³-hybridized carbons (Fsp3) is 0.562. The van der Waals surface area contributed by atoms with Gasteiger partial charge in [0.15, 0.2) is 0 Å². The molecule has 1 aromatic rings. The van der Waals surface area contributed by atoms with Crippen LogP contribution in [0.5, 0.6) is 0 Å². The highest BCUT2D eigenvalue weighted by Crippen LogP contribution is 2.09.